The molecule has 0 spiro atoms. The largest absolute Gasteiger partial charge is 0.340 e. The maximum atomic E-state index is 13.1. The number of pyridine rings is 1. The summed E-state index contributed by atoms with van der Waals surface area (Å²) in [7, 11) is 1.78. The lowest BCUT2D eigenvalue weighted by molar-refractivity contribution is 0.0926. The highest BCUT2D eigenvalue weighted by Crippen LogP contribution is 2.21. The summed E-state index contributed by atoms with van der Waals surface area (Å²) in [6.45, 7) is 1.93. The highest BCUT2D eigenvalue weighted by Gasteiger charge is 2.16. The second kappa shape index (κ2) is 9.40. The Kier molecular flexibility index (Phi) is 6.23. The van der Waals surface area contributed by atoms with Gasteiger partial charge in [0.15, 0.2) is 0 Å². The first-order valence-corrected chi connectivity index (χ1v) is 10.1. The molecule has 1 atom stereocenters. The number of carbonyl (C=O) groups excluding carboxylic acids is 1. The number of aryl methyl sites for hydroxylation is 1. The Morgan fingerprint density at radius 3 is 2.53 bits per heavy atom. The van der Waals surface area contributed by atoms with Gasteiger partial charge in [0.05, 0.1) is 5.69 Å². The second-order valence-electron chi connectivity index (χ2n) is 7.26. The van der Waals surface area contributed by atoms with Crippen LogP contribution in [0.4, 0.5) is 15.9 Å². The van der Waals surface area contributed by atoms with Crippen LogP contribution < -0.4 is 16.0 Å². The lowest BCUT2D eigenvalue weighted by Gasteiger charge is -2.17. The quantitative estimate of drug-likeness (QED) is 0.385. The van der Waals surface area contributed by atoms with Crippen molar-refractivity contribution in [2.45, 2.75) is 13.1 Å². The van der Waals surface area contributed by atoms with Crippen molar-refractivity contribution in [2.75, 3.05) is 12.4 Å². The van der Waals surface area contributed by atoms with Gasteiger partial charge < -0.3 is 15.2 Å². The molecule has 32 heavy (non-hydrogen) atoms. The van der Waals surface area contributed by atoms with E-state index in [0.717, 1.165) is 22.5 Å². The summed E-state index contributed by atoms with van der Waals surface area (Å²) in [5.41, 5.74) is 3.70. The standard InChI is InChI=1S/C24H23FN6O/c1-16-13-27-22(29-19-10-8-18(25)9-11-19)12-21(16)31-14-20(28-15-31)24(32)30-23(26-2)17-6-4-3-5-7-17/h3-15,23,26H,1-2H3,(H,27,29)(H,30,32). The van der Waals surface area contributed by atoms with Crippen LogP contribution in [0.2, 0.25) is 0 Å². The second-order valence-corrected chi connectivity index (χ2v) is 7.26. The van der Waals surface area contributed by atoms with Crippen molar-refractivity contribution in [1.29, 1.82) is 0 Å². The van der Waals surface area contributed by atoms with Crippen molar-refractivity contribution >= 4 is 17.4 Å². The molecule has 0 bridgehead atoms. The summed E-state index contributed by atoms with van der Waals surface area (Å²) in [5.74, 6) is 0.00431. The van der Waals surface area contributed by atoms with Gasteiger partial charge in [0.2, 0.25) is 0 Å². The third kappa shape index (κ3) is 4.81. The summed E-state index contributed by atoms with van der Waals surface area (Å²) < 4.78 is 14.9. The van der Waals surface area contributed by atoms with Crippen LogP contribution >= 0.6 is 0 Å². The van der Waals surface area contributed by atoms with Gasteiger partial charge in [-0.05, 0) is 49.4 Å². The van der Waals surface area contributed by atoms with Crippen LogP contribution in [0.1, 0.15) is 27.8 Å². The van der Waals surface area contributed by atoms with E-state index in [1.54, 1.807) is 42.5 Å². The van der Waals surface area contributed by atoms with Gasteiger partial charge in [0.25, 0.3) is 5.91 Å². The summed E-state index contributed by atoms with van der Waals surface area (Å²) >= 11 is 0. The Morgan fingerprint density at radius 2 is 1.81 bits per heavy atom. The Labute approximate surface area is 185 Å². The van der Waals surface area contributed by atoms with E-state index in [0.29, 0.717) is 11.5 Å². The smallest absolute Gasteiger partial charge is 0.272 e. The van der Waals surface area contributed by atoms with Gasteiger partial charge in [0, 0.05) is 24.1 Å². The number of amides is 1. The molecule has 0 radical (unpaired) electrons. The molecule has 0 aliphatic heterocycles. The lowest BCUT2D eigenvalue weighted by atomic mass is 10.1. The summed E-state index contributed by atoms with van der Waals surface area (Å²) in [6.07, 6.45) is 4.67. The topological polar surface area (TPSA) is 83.9 Å². The number of anilines is 2. The summed E-state index contributed by atoms with van der Waals surface area (Å²) in [6, 6.07) is 17.5. The Hall–Kier alpha value is -4.04. The lowest BCUT2D eigenvalue weighted by Crippen LogP contribution is -2.36. The van der Waals surface area contributed by atoms with Crippen molar-refractivity contribution in [3.8, 4) is 5.69 Å². The molecule has 1 unspecified atom stereocenters. The molecule has 1 amide bonds. The third-order valence-corrected chi connectivity index (χ3v) is 4.98. The zero-order chi connectivity index (χ0) is 22.5. The number of benzene rings is 2. The minimum absolute atomic E-state index is 0.289. The molecule has 0 fully saturated rings. The Bertz CT molecular complexity index is 1210. The van der Waals surface area contributed by atoms with Crippen molar-refractivity contribution in [3.05, 3.63) is 102 Å². The van der Waals surface area contributed by atoms with E-state index in [1.165, 1.54) is 12.1 Å². The Morgan fingerprint density at radius 1 is 1.06 bits per heavy atom. The minimum Gasteiger partial charge on any atom is -0.340 e. The molecular formula is C24H23FN6O. The first kappa shape index (κ1) is 21.2. The van der Waals surface area contributed by atoms with E-state index in [4.69, 9.17) is 0 Å². The van der Waals surface area contributed by atoms with Gasteiger partial charge in [-0.25, -0.2) is 14.4 Å². The maximum Gasteiger partial charge on any atom is 0.272 e. The number of carbonyl (C=O) groups is 1. The molecule has 2 aromatic heterocycles. The monoisotopic (exact) mass is 430 g/mol. The molecule has 2 aromatic carbocycles. The molecule has 162 valence electrons. The van der Waals surface area contributed by atoms with Crippen molar-refractivity contribution in [3.63, 3.8) is 0 Å². The zero-order valence-corrected chi connectivity index (χ0v) is 17.7. The van der Waals surface area contributed by atoms with E-state index < -0.39 is 0 Å². The van der Waals surface area contributed by atoms with E-state index >= 15 is 0 Å². The fraction of sp³-hybridized carbons (Fsp3) is 0.125. The van der Waals surface area contributed by atoms with Crippen LogP contribution in [0.15, 0.2) is 79.4 Å². The molecule has 0 aliphatic carbocycles. The van der Waals surface area contributed by atoms with Crippen LogP contribution in [0.25, 0.3) is 5.69 Å². The van der Waals surface area contributed by atoms with E-state index in [2.05, 4.69) is 25.9 Å². The average Bonchev–Trinajstić information content (AvgIpc) is 3.31. The highest BCUT2D eigenvalue weighted by molar-refractivity contribution is 5.92. The number of nitrogens with one attached hydrogen (secondary N) is 3. The van der Waals surface area contributed by atoms with Gasteiger partial charge in [0.1, 0.15) is 29.8 Å². The molecule has 4 aromatic rings. The zero-order valence-electron chi connectivity index (χ0n) is 17.7. The van der Waals surface area contributed by atoms with Crippen LogP contribution in [0.3, 0.4) is 0 Å². The molecule has 0 saturated carbocycles. The van der Waals surface area contributed by atoms with E-state index in [-0.39, 0.29) is 17.9 Å². The molecule has 0 saturated heterocycles. The fourth-order valence-electron chi connectivity index (χ4n) is 3.29. The number of nitrogens with zero attached hydrogens (tertiary/aromatic N) is 3. The molecule has 0 aliphatic rings. The SMILES string of the molecule is CNC(NC(=O)c1cn(-c2cc(Nc3ccc(F)cc3)ncc2C)cn1)c1ccccc1. The molecule has 3 N–H and O–H groups in total. The van der Waals surface area contributed by atoms with Gasteiger partial charge in [-0.2, -0.15) is 0 Å². The van der Waals surface area contributed by atoms with Crippen molar-refractivity contribution in [2.24, 2.45) is 0 Å². The van der Waals surface area contributed by atoms with Gasteiger partial charge >= 0.3 is 0 Å². The first-order chi connectivity index (χ1) is 15.5. The average molecular weight is 430 g/mol. The summed E-state index contributed by atoms with van der Waals surface area (Å²) in [4.78, 5) is 21.4. The molecule has 7 nitrogen and oxygen atoms in total. The number of imidazole rings is 1. The number of hydrogen-bond donors (Lipinski definition) is 3. The van der Waals surface area contributed by atoms with Crippen LogP contribution in [0, 0.1) is 12.7 Å². The van der Waals surface area contributed by atoms with Crippen LogP contribution in [0.5, 0.6) is 0 Å². The minimum atomic E-state index is -0.331. The predicted octanol–water partition coefficient (Wildman–Crippen LogP) is 4.11. The van der Waals surface area contributed by atoms with E-state index in [1.807, 2.05) is 43.3 Å². The van der Waals surface area contributed by atoms with E-state index in [9.17, 15) is 9.18 Å². The molecule has 8 heteroatoms. The van der Waals surface area contributed by atoms with Crippen LogP contribution in [-0.2, 0) is 0 Å². The number of halogens is 1. The predicted molar refractivity (Wildman–Crippen MR) is 121 cm³/mol. The van der Waals surface area contributed by atoms with Crippen molar-refractivity contribution < 1.29 is 9.18 Å². The summed E-state index contributed by atoms with van der Waals surface area (Å²) in [5, 5.41) is 9.19. The number of hydrogen-bond acceptors (Lipinski definition) is 5. The van der Waals surface area contributed by atoms with Gasteiger partial charge in [-0.15, -0.1) is 0 Å². The highest BCUT2D eigenvalue weighted by atomic mass is 19.1. The van der Waals surface area contributed by atoms with Gasteiger partial charge in [-0.1, -0.05) is 30.3 Å². The molecule has 4 rings (SSSR count). The molecule has 2 heterocycles. The van der Waals surface area contributed by atoms with Crippen molar-refractivity contribution in [1.82, 2.24) is 25.2 Å². The fourth-order valence-corrected chi connectivity index (χ4v) is 3.29. The molecular weight excluding hydrogens is 407 g/mol. The maximum absolute atomic E-state index is 13.1. The number of aromatic nitrogens is 3. The van der Waals surface area contributed by atoms with Crippen LogP contribution in [-0.4, -0.2) is 27.5 Å². The normalized spacial score (nSPS) is 11.7. The third-order valence-electron chi connectivity index (χ3n) is 4.98. The first-order valence-electron chi connectivity index (χ1n) is 10.1. The number of rotatable bonds is 7. The Balaban J connectivity index is 1.52. The van der Waals surface area contributed by atoms with Gasteiger partial charge in [-0.3, -0.25) is 10.1 Å².